The van der Waals surface area contributed by atoms with Crippen molar-refractivity contribution in [1.29, 1.82) is 0 Å². The molecule has 0 aromatic rings. The summed E-state index contributed by atoms with van der Waals surface area (Å²) in [6.45, 7) is 0. The van der Waals surface area contributed by atoms with E-state index < -0.39 is 11.9 Å². The highest BCUT2D eigenvalue weighted by molar-refractivity contribution is 5.67. The van der Waals surface area contributed by atoms with E-state index in [1.807, 2.05) is 14.1 Å². The van der Waals surface area contributed by atoms with Crippen LogP contribution in [-0.4, -0.2) is 36.2 Å². The maximum atomic E-state index is 9.90. The van der Waals surface area contributed by atoms with Gasteiger partial charge in [0.25, 0.3) is 0 Å². The Morgan fingerprint density at radius 2 is 1.23 bits per heavy atom. The zero-order valence-electron chi connectivity index (χ0n) is 8.04. The van der Waals surface area contributed by atoms with Crippen LogP contribution in [0.25, 0.3) is 0 Å². The Morgan fingerprint density at radius 3 is 1.38 bits per heavy atom. The van der Waals surface area contributed by atoms with E-state index in [0.29, 0.717) is 12.8 Å². The van der Waals surface area contributed by atoms with Crippen LogP contribution < -0.4 is 5.32 Å². The maximum Gasteiger partial charge on any atom is 0.303 e. The minimum absolute atomic E-state index is 0.0628. The molecule has 0 heterocycles. The van der Waals surface area contributed by atoms with Gasteiger partial charge in [0.2, 0.25) is 0 Å². The van der Waals surface area contributed by atoms with Crippen molar-refractivity contribution < 1.29 is 19.8 Å². The monoisotopic (exact) mass is 191 g/mol. The van der Waals surface area contributed by atoms with Gasteiger partial charge in [-0.05, 0) is 26.9 Å². The van der Waals surface area contributed by atoms with Crippen LogP contribution in [0.2, 0.25) is 0 Å². The number of aliphatic carboxylic acids is 2. The minimum atomic E-state index is -0.870. The molecule has 0 amide bonds. The van der Waals surface area contributed by atoms with E-state index in [1.54, 1.807) is 0 Å². The fourth-order valence-corrected chi connectivity index (χ4v) is 0.552. The summed E-state index contributed by atoms with van der Waals surface area (Å²) in [4.78, 5) is 19.8. The van der Waals surface area contributed by atoms with Crippen molar-refractivity contribution >= 4 is 11.9 Å². The lowest BCUT2D eigenvalue weighted by Gasteiger charge is -1.92. The average Bonchev–Trinajstić information content (AvgIpc) is 1.99. The Labute approximate surface area is 77.8 Å². The SMILES string of the molecule is CNC.O=C(O)CCCCC(=O)O. The molecular formula is C8H17NO4. The molecule has 0 spiro atoms. The second-order valence-corrected chi connectivity index (χ2v) is 2.49. The number of hydrogen-bond donors (Lipinski definition) is 3. The van der Waals surface area contributed by atoms with Crippen molar-refractivity contribution in [3.05, 3.63) is 0 Å². The minimum Gasteiger partial charge on any atom is -0.481 e. The van der Waals surface area contributed by atoms with Crippen LogP contribution in [0.15, 0.2) is 0 Å². The Kier molecular flexibility index (Phi) is 12.1. The second-order valence-electron chi connectivity index (χ2n) is 2.49. The summed E-state index contributed by atoms with van der Waals surface area (Å²) >= 11 is 0. The molecular weight excluding hydrogens is 174 g/mol. The van der Waals surface area contributed by atoms with E-state index in [0.717, 1.165) is 0 Å². The van der Waals surface area contributed by atoms with Gasteiger partial charge >= 0.3 is 11.9 Å². The fourth-order valence-electron chi connectivity index (χ4n) is 0.552. The van der Waals surface area contributed by atoms with Gasteiger partial charge in [-0.3, -0.25) is 9.59 Å². The Morgan fingerprint density at radius 1 is 1.00 bits per heavy atom. The Bertz CT molecular complexity index is 131. The van der Waals surface area contributed by atoms with Crippen molar-refractivity contribution in [1.82, 2.24) is 5.32 Å². The van der Waals surface area contributed by atoms with Gasteiger partial charge in [-0.15, -0.1) is 0 Å². The van der Waals surface area contributed by atoms with Crippen molar-refractivity contribution in [2.24, 2.45) is 0 Å². The number of nitrogens with one attached hydrogen (secondary N) is 1. The topological polar surface area (TPSA) is 86.6 Å². The lowest BCUT2D eigenvalue weighted by Crippen LogP contribution is -1.97. The molecule has 13 heavy (non-hydrogen) atoms. The quantitative estimate of drug-likeness (QED) is 0.552. The highest BCUT2D eigenvalue weighted by atomic mass is 16.4. The van der Waals surface area contributed by atoms with E-state index in [4.69, 9.17) is 10.2 Å². The van der Waals surface area contributed by atoms with Crippen molar-refractivity contribution in [2.75, 3.05) is 14.1 Å². The van der Waals surface area contributed by atoms with Crippen LogP contribution in [0, 0.1) is 0 Å². The number of unbranched alkanes of at least 4 members (excludes halogenated alkanes) is 1. The molecule has 0 aliphatic rings. The summed E-state index contributed by atoms with van der Waals surface area (Å²) in [5.74, 6) is -1.74. The second kappa shape index (κ2) is 10.9. The average molecular weight is 191 g/mol. The molecule has 0 radical (unpaired) electrons. The zero-order valence-corrected chi connectivity index (χ0v) is 8.04. The Balaban J connectivity index is 0. The van der Waals surface area contributed by atoms with Crippen molar-refractivity contribution in [3.8, 4) is 0 Å². The molecule has 0 saturated heterocycles. The smallest absolute Gasteiger partial charge is 0.303 e. The van der Waals surface area contributed by atoms with Gasteiger partial charge < -0.3 is 15.5 Å². The Hall–Kier alpha value is -1.10. The van der Waals surface area contributed by atoms with E-state index >= 15 is 0 Å². The highest BCUT2D eigenvalue weighted by Crippen LogP contribution is 1.98. The van der Waals surface area contributed by atoms with Crippen LogP contribution >= 0.6 is 0 Å². The number of rotatable bonds is 5. The third-order valence-corrected chi connectivity index (χ3v) is 1.03. The van der Waals surface area contributed by atoms with Gasteiger partial charge in [-0.25, -0.2) is 0 Å². The standard InChI is InChI=1S/C6H10O4.C2H7N/c7-5(8)3-1-2-4-6(9)10;1-3-2/h1-4H2,(H,7,8)(H,9,10);3H,1-2H3. The number of hydrogen-bond acceptors (Lipinski definition) is 3. The first kappa shape index (κ1) is 14.4. The fraction of sp³-hybridized carbons (Fsp3) is 0.750. The van der Waals surface area contributed by atoms with Gasteiger partial charge in [0.15, 0.2) is 0 Å². The molecule has 0 aromatic heterocycles. The molecule has 0 fully saturated rings. The number of carboxylic acids is 2. The van der Waals surface area contributed by atoms with Gasteiger partial charge in [0.05, 0.1) is 0 Å². The molecule has 78 valence electrons. The molecule has 0 atom stereocenters. The molecule has 0 unspecified atom stereocenters. The van der Waals surface area contributed by atoms with E-state index in [1.165, 1.54) is 0 Å². The van der Waals surface area contributed by atoms with Crippen LogP contribution in [0.4, 0.5) is 0 Å². The first-order valence-electron chi connectivity index (χ1n) is 4.06. The summed E-state index contributed by atoms with van der Waals surface area (Å²) < 4.78 is 0. The lowest BCUT2D eigenvalue weighted by atomic mass is 10.2. The number of carboxylic acid groups (broad SMARTS) is 2. The molecule has 0 saturated carbocycles. The van der Waals surface area contributed by atoms with Crippen molar-refractivity contribution in [2.45, 2.75) is 25.7 Å². The van der Waals surface area contributed by atoms with Crippen LogP contribution in [0.5, 0.6) is 0 Å². The summed E-state index contributed by atoms with van der Waals surface area (Å²) in [5.41, 5.74) is 0. The van der Waals surface area contributed by atoms with Gasteiger partial charge in [-0.2, -0.15) is 0 Å². The third kappa shape index (κ3) is 24.8. The molecule has 0 aliphatic carbocycles. The molecule has 0 aliphatic heterocycles. The maximum absolute atomic E-state index is 9.90. The van der Waals surface area contributed by atoms with Crippen LogP contribution in [-0.2, 0) is 9.59 Å². The summed E-state index contributed by atoms with van der Waals surface area (Å²) in [6, 6.07) is 0. The predicted molar refractivity (Wildman–Crippen MR) is 48.7 cm³/mol. The summed E-state index contributed by atoms with van der Waals surface area (Å²) in [6.07, 6.45) is 1.02. The normalized spacial score (nSPS) is 8.46. The van der Waals surface area contributed by atoms with E-state index in [2.05, 4.69) is 5.32 Å². The molecule has 3 N–H and O–H groups in total. The molecule has 0 rings (SSSR count). The summed E-state index contributed by atoms with van der Waals surface area (Å²) in [7, 11) is 3.75. The van der Waals surface area contributed by atoms with Crippen LogP contribution in [0.3, 0.4) is 0 Å². The lowest BCUT2D eigenvalue weighted by molar-refractivity contribution is -0.139. The van der Waals surface area contributed by atoms with E-state index in [-0.39, 0.29) is 12.8 Å². The largest absolute Gasteiger partial charge is 0.481 e. The first-order valence-corrected chi connectivity index (χ1v) is 4.06. The van der Waals surface area contributed by atoms with Gasteiger partial charge in [0, 0.05) is 12.8 Å². The zero-order chi connectivity index (χ0) is 10.7. The van der Waals surface area contributed by atoms with E-state index in [9.17, 15) is 9.59 Å². The first-order chi connectivity index (χ1) is 6.04. The number of carbonyl (C=O) groups is 2. The predicted octanol–water partition coefficient (Wildman–Crippen LogP) is 0.552. The van der Waals surface area contributed by atoms with Crippen LogP contribution in [0.1, 0.15) is 25.7 Å². The molecule has 0 aromatic carbocycles. The third-order valence-electron chi connectivity index (χ3n) is 1.03. The molecule has 5 heteroatoms. The van der Waals surface area contributed by atoms with Crippen molar-refractivity contribution in [3.63, 3.8) is 0 Å². The molecule has 0 bridgehead atoms. The summed E-state index contributed by atoms with van der Waals surface area (Å²) in [5, 5.41) is 19.0. The highest BCUT2D eigenvalue weighted by Gasteiger charge is 1.99. The van der Waals surface area contributed by atoms with Gasteiger partial charge in [-0.1, -0.05) is 0 Å². The molecule has 5 nitrogen and oxygen atoms in total. The van der Waals surface area contributed by atoms with Gasteiger partial charge in [0.1, 0.15) is 0 Å².